The van der Waals surface area contributed by atoms with Crippen molar-refractivity contribution in [1.82, 2.24) is 10.3 Å². The van der Waals surface area contributed by atoms with Crippen LogP contribution in [0.3, 0.4) is 0 Å². The van der Waals surface area contributed by atoms with Crippen molar-refractivity contribution in [2.45, 2.75) is 12.5 Å². The number of carbonyl (C=O) groups excluding carboxylic acids is 1. The second kappa shape index (κ2) is 7.11. The van der Waals surface area contributed by atoms with Gasteiger partial charge in [-0.15, -0.1) is 0 Å². The average Bonchev–Trinajstić information content (AvgIpc) is 2.31. The Kier molecular flexibility index (Phi) is 5.78. The second-order valence-electron chi connectivity index (χ2n) is 3.37. The van der Waals surface area contributed by atoms with E-state index in [1.807, 2.05) is 5.32 Å². The fraction of sp³-hybridized carbons (Fsp3) is 0.300. The average molecular weight is 365 g/mol. The van der Waals surface area contributed by atoms with E-state index in [9.17, 15) is 9.59 Å². The molecule has 0 saturated heterocycles. The summed E-state index contributed by atoms with van der Waals surface area (Å²) in [4.78, 5) is 26.2. The van der Waals surface area contributed by atoms with Crippen LogP contribution in [-0.4, -0.2) is 39.8 Å². The molecule has 1 atom stereocenters. The maximum absolute atomic E-state index is 11.7. The number of halogens is 1. The van der Waals surface area contributed by atoms with Crippen molar-refractivity contribution in [3.05, 3.63) is 21.9 Å². The van der Waals surface area contributed by atoms with Gasteiger partial charge in [0.25, 0.3) is 0 Å². The molecular formula is C10H12IN3O4. The molecule has 2 amide bonds. The third-order valence-corrected chi connectivity index (χ3v) is 2.65. The Balaban J connectivity index is 2.65. The van der Waals surface area contributed by atoms with Crippen molar-refractivity contribution in [2.24, 2.45) is 0 Å². The first-order valence-electron chi connectivity index (χ1n) is 5.05. The Morgan fingerprint density at radius 1 is 1.44 bits per heavy atom. The van der Waals surface area contributed by atoms with Gasteiger partial charge in [-0.3, -0.25) is 4.79 Å². The Morgan fingerprint density at radius 3 is 2.67 bits per heavy atom. The molecule has 0 bridgehead atoms. The maximum atomic E-state index is 11.7. The quantitative estimate of drug-likeness (QED) is 0.573. The molecule has 1 aromatic rings. The van der Waals surface area contributed by atoms with E-state index in [1.54, 1.807) is 18.3 Å². The van der Waals surface area contributed by atoms with Gasteiger partial charge < -0.3 is 20.8 Å². The highest BCUT2D eigenvalue weighted by atomic mass is 127. The number of rotatable bonds is 5. The van der Waals surface area contributed by atoms with E-state index in [-0.39, 0.29) is 13.0 Å². The Hall–Kier alpha value is -1.42. The van der Waals surface area contributed by atoms with E-state index in [4.69, 9.17) is 10.2 Å². The van der Waals surface area contributed by atoms with Crippen LogP contribution in [-0.2, 0) is 4.79 Å². The number of pyridine rings is 1. The third-order valence-electron chi connectivity index (χ3n) is 2.01. The van der Waals surface area contributed by atoms with Crippen LogP contribution in [0.5, 0.6) is 0 Å². The lowest BCUT2D eigenvalue weighted by atomic mass is 10.2. The summed E-state index contributed by atoms with van der Waals surface area (Å²) in [5, 5.41) is 21.8. The van der Waals surface area contributed by atoms with Crippen LogP contribution >= 0.6 is 22.6 Å². The predicted molar refractivity (Wildman–Crippen MR) is 72.2 cm³/mol. The number of carboxylic acid groups (broad SMARTS) is 1. The SMILES string of the molecule is O=C(O)NC(CCO)C(=O)Nc1ccc(I)cn1. The zero-order chi connectivity index (χ0) is 13.5. The highest BCUT2D eigenvalue weighted by Gasteiger charge is 2.20. The largest absolute Gasteiger partial charge is 0.465 e. The van der Waals surface area contributed by atoms with E-state index >= 15 is 0 Å². The highest BCUT2D eigenvalue weighted by molar-refractivity contribution is 14.1. The Labute approximate surface area is 117 Å². The van der Waals surface area contributed by atoms with Crippen molar-refractivity contribution < 1.29 is 19.8 Å². The fourth-order valence-corrected chi connectivity index (χ4v) is 1.53. The topological polar surface area (TPSA) is 112 Å². The van der Waals surface area contributed by atoms with E-state index in [0.29, 0.717) is 5.82 Å². The van der Waals surface area contributed by atoms with E-state index in [2.05, 4.69) is 32.9 Å². The predicted octanol–water partition coefficient (Wildman–Crippen LogP) is 0.643. The standard InChI is InChI=1S/C10H12IN3O4/c11-6-1-2-8(12-5-6)14-9(16)7(3-4-15)13-10(17)18/h1-2,5,7,13,15H,3-4H2,(H,17,18)(H,12,14,16). The molecule has 0 radical (unpaired) electrons. The summed E-state index contributed by atoms with van der Waals surface area (Å²) >= 11 is 2.07. The molecule has 7 nitrogen and oxygen atoms in total. The summed E-state index contributed by atoms with van der Waals surface area (Å²) in [7, 11) is 0. The second-order valence-corrected chi connectivity index (χ2v) is 4.61. The molecule has 0 aliphatic rings. The Morgan fingerprint density at radius 2 is 2.17 bits per heavy atom. The van der Waals surface area contributed by atoms with Crippen LogP contribution in [0.4, 0.5) is 10.6 Å². The smallest absolute Gasteiger partial charge is 0.405 e. The number of aromatic nitrogens is 1. The third kappa shape index (κ3) is 4.84. The van der Waals surface area contributed by atoms with Crippen LogP contribution in [0.2, 0.25) is 0 Å². The molecule has 0 aliphatic heterocycles. The molecule has 1 heterocycles. The fourth-order valence-electron chi connectivity index (χ4n) is 1.21. The van der Waals surface area contributed by atoms with Crippen molar-refractivity contribution in [3.63, 3.8) is 0 Å². The zero-order valence-corrected chi connectivity index (χ0v) is 11.4. The van der Waals surface area contributed by atoms with Crippen molar-refractivity contribution in [2.75, 3.05) is 11.9 Å². The molecule has 4 N–H and O–H groups in total. The number of amides is 2. The van der Waals surface area contributed by atoms with Crippen LogP contribution in [0.15, 0.2) is 18.3 Å². The van der Waals surface area contributed by atoms with Gasteiger partial charge in [0.2, 0.25) is 5.91 Å². The lowest BCUT2D eigenvalue weighted by Crippen LogP contribution is -2.43. The number of carbonyl (C=O) groups is 2. The Bertz CT molecular complexity index is 424. The summed E-state index contributed by atoms with van der Waals surface area (Å²) in [6, 6.07) is 2.36. The molecule has 8 heteroatoms. The molecular weight excluding hydrogens is 353 g/mol. The molecule has 1 aromatic heterocycles. The molecule has 1 rings (SSSR count). The number of hydrogen-bond acceptors (Lipinski definition) is 4. The maximum Gasteiger partial charge on any atom is 0.405 e. The zero-order valence-electron chi connectivity index (χ0n) is 9.26. The monoisotopic (exact) mass is 365 g/mol. The van der Waals surface area contributed by atoms with Gasteiger partial charge in [0, 0.05) is 16.4 Å². The van der Waals surface area contributed by atoms with Crippen molar-refractivity contribution in [3.8, 4) is 0 Å². The lowest BCUT2D eigenvalue weighted by molar-refractivity contribution is -0.118. The van der Waals surface area contributed by atoms with Gasteiger partial charge in [-0.2, -0.15) is 0 Å². The number of nitrogens with one attached hydrogen (secondary N) is 2. The molecule has 0 saturated carbocycles. The summed E-state index contributed by atoms with van der Waals surface area (Å²) in [6.45, 7) is -0.293. The number of nitrogens with zero attached hydrogens (tertiary/aromatic N) is 1. The minimum atomic E-state index is -1.32. The van der Waals surface area contributed by atoms with E-state index < -0.39 is 18.0 Å². The molecule has 0 aliphatic carbocycles. The molecule has 0 spiro atoms. The van der Waals surface area contributed by atoms with E-state index in [1.165, 1.54) is 0 Å². The number of aliphatic hydroxyl groups excluding tert-OH is 1. The first kappa shape index (κ1) is 14.6. The highest BCUT2D eigenvalue weighted by Crippen LogP contribution is 2.07. The summed E-state index contributed by atoms with van der Waals surface area (Å²) in [5.41, 5.74) is 0. The van der Waals surface area contributed by atoms with Gasteiger partial charge in [-0.05, 0) is 41.1 Å². The minimum Gasteiger partial charge on any atom is -0.465 e. The number of aliphatic hydroxyl groups is 1. The summed E-state index contributed by atoms with van der Waals surface area (Å²) in [6.07, 6.45) is 0.254. The van der Waals surface area contributed by atoms with Crippen LogP contribution < -0.4 is 10.6 Å². The normalized spacial score (nSPS) is 11.7. The minimum absolute atomic E-state index is 0.00248. The first-order chi connectivity index (χ1) is 8.52. The summed E-state index contributed by atoms with van der Waals surface area (Å²) < 4.78 is 0.918. The van der Waals surface area contributed by atoms with Gasteiger partial charge >= 0.3 is 6.09 Å². The van der Waals surface area contributed by atoms with Crippen LogP contribution in [0.1, 0.15) is 6.42 Å². The lowest BCUT2D eigenvalue weighted by Gasteiger charge is -2.15. The molecule has 1 unspecified atom stereocenters. The van der Waals surface area contributed by atoms with Gasteiger partial charge in [0.1, 0.15) is 11.9 Å². The molecule has 98 valence electrons. The van der Waals surface area contributed by atoms with Crippen molar-refractivity contribution >= 4 is 40.4 Å². The van der Waals surface area contributed by atoms with Crippen LogP contribution in [0, 0.1) is 3.57 Å². The van der Waals surface area contributed by atoms with Crippen LogP contribution in [0.25, 0.3) is 0 Å². The number of hydrogen-bond donors (Lipinski definition) is 4. The van der Waals surface area contributed by atoms with Gasteiger partial charge in [0.05, 0.1) is 0 Å². The van der Waals surface area contributed by atoms with Gasteiger partial charge in [-0.1, -0.05) is 0 Å². The number of anilines is 1. The summed E-state index contributed by atoms with van der Waals surface area (Å²) in [5.74, 6) is -0.226. The first-order valence-corrected chi connectivity index (χ1v) is 6.13. The molecule has 0 fully saturated rings. The van der Waals surface area contributed by atoms with Crippen molar-refractivity contribution in [1.29, 1.82) is 0 Å². The molecule has 18 heavy (non-hydrogen) atoms. The van der Waals surface area contributed by atoms with E-state index in [0.717, 1.165) is 3.57 Å². The van der Waals surface area contributed by atoms with Gasteiger partial charge in [-0.25, -0.2) is 9.78 Å². The van der Waals surface area contributed by atoms with Gasteiger partial charge in [0.15, 0.2) is 0 Å². The molecule has 0 aromatic carbocycles.